The molecule has 2 fully saturated rings. The van der Waals surface area contributed by atoms with Gasteiger partial charge in [0.15, 0.2) is 11.5 Å². The molecule has 3 heterocycles. The van der Waals surface area contributed by atoms with Crippen LogP contribution < -0.4 is 4.90 Å². The molecule has 0 amide bonds. The average Bonchev–Trinajstić information content (AvgIpc) is 3.17. The van der Waals surface area contributed by atoms with Crippen LogP contribution in [0, 0.1) is 5.92 Å². The van der Waals surface area contributed by atoms with Gasteiger partial charge in [-0.2, -0.15) is 9.97 Å². The zero-order valence-electron chi connectivity index (χ0n) is 11.3. The Morgan fingerprint density at radius 3 is 2.85 bits per heavy atom. The fourth-order valence-electron chi connectivity index (χ4n) is 3.89. The lowest BCUT2D eigenvalue weighted by molar-refractivity contribution is 0.429. The standard InChI is InChI=1S/C14H18ClN5/c15-14-18-12-11(16-8-17-12)13(19-14)20-7-3-6-10(20)9-4-1-2-5-9/h8-10H,1-7H2,(H,16,17,18,19). The third-order valence-corrected chi connectivity index (χ3v) is 4.92. The first-order valence-electron chi connectivity index (χ1n) is 7.46. The molecular weight excluding hydrogens is 274 g/mol. The smallest absolute Gasteiger partial charge is 0.226 e. The largest absolute Gasteiger partial charge is 0.351 e. The van der Waals surface area contributed by atoms with E-state index in [2.05, 4.69) is 24.8 Å². The van der Waals surface area contributed by atoms with Crippen molar-refractivity contribution in [1.82, 2.24) is 19.9 Å². The molecule has 6 heteroatoms. The predicted octanol–water partition coefficient (Wildman–Crippen LogP) is 3.17. The maximum Gasteiger partial charge on any atom is 0.226 e. The summed E-state index contributed by atoms with van der Waals surface area (Å²) >= 11 is 6.06. The fraction of sp³-hybridized carbons (Fsp3) is 0.643. The SMILES string of the molecule is Clc1nc(N2CCCC2C2CCCC2)c2[nH]cnc2n1. The van der Waals surface area contributed by atoms with Crippen molar-refractivity contribution in [1.29, 1.82) is 0 Å². The third kappa shape index (κ3) is 1.95. The number of halogens is 1. The minimum absolute atomic E-state index is 0.289. The molecule has 1 atom stereocenters. The minimum Gasteiger partial charge on any atom is -0.351 e. The number of aromatic nitrogens is 4. The molecule has 1 N–H and O–H groups in total. The molecule has 2 aromatic rings. The highest BCUT2D eigenvalue weighted by atomic mass is 35.5. The van der Waals surface area contributed by atoms with E-state index >= 15 is 0 Å². The number of imidazole rings is 1. The van der Waals surface area contributed by atoms with Gasteiger partial charge in [0.2, 0.25) is 5.28 Å². The second-order valence-corrected chi connectivity index (χ2v) is 6.20. The van der Waals surface area contributed by atoms with Crippen molar-refractivity contribution in [2.24, 2.45) is 5.92 Å². The number of hydrogen-bond donors (Lipinski definition) is 1. The van der Waals surface area contributed by atoms with Gasteiger partial charge in [-0.15, -0.1) is 0 Å². The highest BCUT2D eigenvalue weighted by Gasteiger charge is 2.35. The van der Waals surface area contributed by atoms with E-state index in [0.717, 1.165) is 23.8 Å². The van der Waals surface area contributed by atoms with Gasteiger partial charge in [-0.25, -0.2) is 4.98 Å². The van der Waals surface area contributed by atoms with E-state index in [1.54, 1.807) is 6.33 Å². The lowest BCUT2D eigenvalue weighted by Gasteiger charge is -2.30. The Balaban J connectivity index is 1.75. The van der Waals surface area contributed by atoms with Crippen LogP contribution in [0.2, 0.25) is 5.28 Å². The summed E-state index contributed by atoms with van der Waals surface area (Å²) in [7, 11) is 0. The molecule has 0 radical (unpaired) electrons. The fourth-order valence-corrected chi connectivity index (χ4v) is 4.05. The van der Waals surface area contributed by atoms with Crippen molar-refractivity contribution in [3.05, 3.63) is 11.6 Å². The molecule has 1 aliphatic carbocycles. The zero-order valence-corrected chi connectivity index (χ0v) is 12.1. The minimum atomic E-state index is 0.289. The first kappa shape index (κ1) is 12.4. The van der Waals surface area contributed by atoms with Crippen molar-refractivity contribution < 1.29 is 0 Å². The molecule has 1 saturated carbocycles. The summed E-state index contributed by atoms with van der Waals surface area (Å²) in [6.45, 7) is 1.06. The summed E-state index contributed by atoms with van der Waals surface area (Å²) in [6, 6.07) is 0.606. The molecule has 0 spiro atoms. The van der Waals surface area contributed by atoms with E-state index in [9.17, 15) is 0 Å². The van der Waals surface area contributed by atoms with Gasteiger partial charge in [-0.05, 0) is 43.2 Å². The highest BCUT2D eigenvalue weighted by molar-refractivity contribution is 6.28. The van der Waals surface area contributed by atoms with Crippen molar-refractivity contribution in [3.8, 4) is 0 Å². The lowest BCUT2D eigenvalue weighted by Crippen LogP contribution is -2.35. The molecule has 1 saturated heterocycles. The van der Waals surface area contributed by atoms with E-state index in [1.165, 1.54) is 38.5 Å². The van der Waals surface area contributed by atoms with Crippen LogP contribution in [0.5, 0.6) is 0 Å². The molecule has 1 aliphatic heterocycles. The summed E-state index contributed by atoms with van der Waals surface area (Å²) in [6.07, 6.45) is 9.62. The third-order valence-electron chi connectivity index (χ3n) is 4.75. The molecular formula is C14H18ClN5. The van der Waals surface area contributed by atoms with Crippen LogP contribution in [0.25, 0.3) is 11.2 Å². The van der Waals surface area contributed by atoms with Crippen LogP contribution in [-0.2, 0) is 0 Å². The van der Waals surface area contributed by atoms with Crippen molar-refractivity contribution in [2.75, 3.05) is 11.4 Å². The summed E-state index contributed by atoms with van der Waals surface area (Å²) in [4.78, 5) is 18.5. The number of aromatic amines is 1. The van der Waals surface area contributed by atoms with Crippen LogP contribution in [-0.4, -0.2) is 32.5 Å². The van der Waals surface area contributed by atoms with E-state index in [-0.39, 0.29) is 5.28 Å². The van der Waals surface area contributed by atoms with E-state index in [1.807, 2.05) is 0 Å². The van der Waals surface area contributed by atoms with Crippen LogP contribution >= 0.6 is 11.6 Å². The maximum atomic E-state index is 6.06. The summed E-state index contributed by atoms with van der Waals surface area (Å²) in [5, 5.41) is 0.289. The number of hydrogen-bond acceptors (Lipinski definition) is 4. The number of rotatable bonds is 2. The van der Waals surface area contributed by atoms with Crippen molar-refractivity contribution in [3.63, 3.8) is 0 Å². The molecule has 0 bridgehead atoms. The lowest BCUT2D eigenvalue weighted by atomic mass is 9.96. The number of fused-ring (bicyclic) bond motifs is 1. The summed E-state index contributed by atoms with van der Waals surface area (Å²) in [5.41, 5.74) is 1.58. The quantitative estimate of drug-likeness (QED) is 0.864. The Morgan fingerprint density at radius 2 is 2.00 bits per heavy atom. The van der Waals surface area contributed by atoms with E-state index < -0.39 is 0 Å². The molecule has 1 unspecified atom stereocenters. The molecule has 106 valence electrons. The second kappa shape index (κ2) is 4.88. The van der Waals surface area contributed by atoms with Crippen LogP contribution in [0.1, 0.15) is 38.5 Å². The second-order valence-electron chi connectivity index (χ2n) is 5.86. The maximum absolute atomic E-state index is 6.06. The van der Waals surface area contributed by atoms with Gasteiger partial charge >= 0.3 is 0 Å². The molecule has 2 aliphatic rings. The van der Waals surface area contributed by atoms with Gasteiger partial charge in [0.05, 0.1) is 6.33 Å². The Morgan fingerprint density at radius 1 is 1.15 bits per heavy atom. The average molecular weight is 292 g/mol. The van der Waals surface area contributed by atoms with Crippen LogP contribution in [0.3, 0.4) is 0 Å². The summed E-state index contributed by atoms with van der Waals surface area (Å²) in [5.74, 6) is 1.75. The Labute approximate surface area is 122 Å². The normalized spacial score (nSPS) is 24.1. The zero-order chi connectivity index (χ0) is 13.5. The molecule has 5 nitrogen and oxygen atoms in total. The molecule has 0 aromatic carbocycles. The number of H-pyrrole nitrogens is 1. The predicted molar refractivity (Wildman–Crippen MR) is 79.0 cm³/mol. The van der Waals surface area contributed by atoms with E-state index in [0.29, 0.717) is 11.7 Å². The molecule has 20 heavy (non-hydrogen) atoms. The van der Waals surface area contributed by atoms with Gasteiger partial charge in [0.25, 0.3) is 0 Å². The van der Waals surface area contributed by atoms with Crippen molar-refractivity contribution >= 4 is 28.6 Å². The Hall–Kier alpha value is -1.36. The molecule has 4 rings (SSSR count). The van der Waals surface area contributed by atoms with Crippen LogP contribution in [0.15, 0.2) is 6.33 Å². The Kier molecular flexibility index (Phi) is 3.02. The van der Waals surface area contributed by atoms with Gasteiger partial charge in [0, 0.05) is 12.6 Å². The van der Waals surface area contributed by atoms with Gasteiger partial charge in [-0.1, -0.05) is 12.8 Å². The van der Waals surface area contributed by atoms with Gasteiger partial charge in [-0.3, -0.25) is 0 Å². The van der Waals surface area contributed by atoms with Crippen molar-refractivity contribution in [2.45, 2.75) is 44.6 Å². The number of anilines is 1. The first-order valence-corrected chi connectivity index (χ1v) is 7.84. The first-order chi connectivity index (χ1) is 9.83. The number of nitrogens with zero attached hydrogens (tertiary/aromatic N) is 4. The van der Waals surface area contributed by atoms with Gasteiger partial charge in [0.1, 0.15) is 5.52 Å². The molecule has 2 aromatic heterocycles. The van der Waals surface area contributed by atoms with Gasteiger partial charge < -0.3 is 9.88 Å². The Bertz CT molecular complexity index is 619. The summed E-state index contributed by atoms with van der Waals surface area (Å²) < 4.78 is 0. The monoisotopic (exact) mass is 291 g/mol. The highest BCUT2D eigenvalue weighted by Crippen LogP contribution is 2.38. The topological polar surface area (TPSA) is 57.7 Å². The number of nitrogens with one attached hydrogen (secondary N) is 1. The van der Waals surface area contributed by atoms with Crippen LogP contribution in [0.4, 0.5) is 5.82 Å². The van der Waals surface area contributed by atoms with E-state index in [4.69, 9.17) is 11.6 Å².